The van der Waals surface area contributed by atoms with Gasteiger partial charge in [0.15, 0.2) is 0 Å². The first-order valence-corrected chi connectivity index (χ1v) is 7.39. The molecule has 4 heteroatoms. The zero-order valence-corrected chi connectivity index (χ0v) is 12.3. The standard InChI is InChI=1S/C16H23N3O/c1-16(2)11-14-13(15(20)12-16)5-10-18(14)7-4-9-19-8-3-6-17-19/h3,5-6,8,10,15,20H,4,7,9,11-12H2,1-2H3. The molecule has 0 fully saturated rings. The minimum atomic E-state index is -0.305. The molecule has 0 bridgehead atoms. The Morgan fingerprint density at radius 3 is 2.95 bits per heavy atom. The number of aromatic nitrogens is 3. The van der Waals surface area contributed by atoms with Crippen molar-refractivity contribution in [2.24, 2.45) is 5.41 Å². The molecular formula is C16H23N3O. The molecule has 1 unspecified atom stereocenters. The number of aryl methyl sites for hydroxylation is 2. The fraction of sp³-hybridized carbons (Fsp3) is 0.562. The molecule has 3 rings (SSSR count). The fourth-order valence-corrected chi connectivity index (χ4v) is 3.23. The molecule has 1 aliphatic rings. The highest BCUT2D eigenvalue weighted by Crippen LogP contribution is 2.41. The van der Waals surface area contributed by atoms with E-state index in [1.54, 1.807) is 0 Å². The van der Waals surface area contributed by atoms with Crippen LogP contribution in [0.2, 0.25) is 0 Å². The number of nitrogens with zero attached hydrogens (tertiary/aromatic N) is 3. The van der Waals surface area contributed by atoms with Gasteiger partial charge in [0.05, 0.1) is 6.10 Å². The van der Waals surface area contributed by atoms with Gasteiger partial charge >= 0.3 is 0 Å². The molecule has 1 N–H and O–H groups in total. The second-order valence-corrected chi connectivity index (χ2v) is 6.59. The zero-order chi connectivity index (χ0) is 14.2. The van der Waals surface area contributed by atoms with Crippen LogP contribution in [0, 0.1) is 5.41 Å². The Hall–Kier alpha value is -1.55. The molecular weight excluding hydrogens is 250 g/mol. The van der Waals surface area contributed by atoms with Crippen LogP contribution in [0.15, 0.2) is 30.7 Å². The SMILES string of the molecule is CC1(C)Cc2c(ccn2CCCn2cccn2)C(O)C1. The third-order valence-corrected chi connectivity index (χ3v) is 4.21. The van der Waals surface area contributed by atoms with Gasteiger partial charge in [-0.05, 0) is 36.8 Å². The molecule has 108 valence electrons. The molecule has 1 aliphatic carbocycles. The van der Waals surface area contributed by atoms with E-state index in [1.165, 1.54) is 5.69 Å². The molecule has 4 nitrogen and oxygen atoms in total. The number of aliphatic hydroxyl groups is 1. The monoisotopic (exact) mass is 273 g/mol. The van der Waals surface area contributed by atoms with E-state index < -0.39 is 0 Å². The number of fused-ring (bicyclic) bond motifs is 1. The van der Waals surface area contributed by atoms with E-state index in [1.807, 2.05) is 23.1 Å². The van der Waals surface area contributed by atoms with Crippen LogP contribution >= 0.6 is 0 Å². The molecule has 1 atom stereocenters. The molecule has 2 heterocycles. The van der Waals surface area contributed by atoms with E-state index in [-0.39, 0.29) is 11.5 Å². The van der Waals surface area contributed by atoms with Crippen LogP contribution in [-0.4, -0.2) is 19.5 Å². The van der Waals surface area contributed by atoms with E-state index in [0.29, 0.717) is 0 Å². The quantitative estimate of drug-likeness (QED) is 0.931. The summed E-state index contributed by atoms with van der Waals surface area (Å²) in [5.41, 5.74) is 2.63. The molecule has 20 heavy (non-hydrogen) atoms. The topological polar surface area (TPSA) is 43.0 Å². The third-order valence-electron chi connectivity index (χ3n) is 4.21. The Bertz CT molecular complexity index is 569. The molecule has 0 spiro atoms. The van der Waals surface area contributed by atoms with Gasteiger partial charge in [-0.1, -0.05) is 13.8 Å². The lowest BCUT2D eigenvalue weighted by atomic mass is 9.75. The summed E-state index contributed by atoms with van der Waals surface area (Å²) in [6, 6.07) is 4.04. The van der Waals surface area contributed by atoms with E-state index in [0.717, 1.165) is 37.9 Å². The minimum absolute atomic E-state index is 0.185. The van der Waals surface area contributed by atoms with Gasteiger partial charge in [-0.25, -0.2) is 0 Å². The van der Waals surface area contributed by atoms with Gasteiger partial charge in [-0.2, -0.15) is 5.10 Å². The Morgan fingerprint density at radius 2 is 2.20 bits per heavy atom. The molecule has 2 aromatic heterocycles. The Labute approximate surface area is 120 Å². The van der Waals surface area contributed by atoms with Crippen molar-refractivity contribution in [1.82, 2.24) is 14.3 Å². The fourth-order valence-electron chi connectivity index (χ4n) is 3.23. The molecule has 0 saturated heterocycles. The molecule has 0 aliphatic heterocycles. The van der Waals surface area contributed by atoms with Crippen molar-refractivity contribution >= 4 is 0 Å². The largest absolute Gasteiger partial charge is 0.388 e. The highest BCUT2D eigenvalue weighted by molar-refractivity contribution is 5.29. The van der Waals surface area contributed by atoms with Crippen molar-refractivity contribution in [1.29, 1.82) is 0 Å². The van der Waals surface area contributed by atoms with Gasteiger partial charge in [0.1, 0.15) is 0 Å². The summed E-state index contributed by atoms with van der Waals surface area (Å²) in [5.74, 6) is 0. The molecule has 0 radical (unpaired) electrons. The van der Waals surface area contributed by atoms with Gasteiger partial charge in [0.25, 0.3) is 0 Å². The predicted molar refractivity (Wildman–Crippen MR) is 78.3 cm³/mol. The van der Waals surface area contributed by atoms with E-state index in [9.17, 15) is 5.11 Å². The normalized spacial score (nSPS) is 20.9. The predicted octanol–water partition coefficient (Wildman–Crippen LogP) is 2.78. The minimum Gasteiger partial charge on any atom is -0.388 e. The Balaban J connectivity index is 1.69. The lowest BCUT2D eigenvalue weighted by Gasteiger charge is -2.34. The van der Waals surface area contributed by atoms with E-state index in [2.05, 4.69) is 35.8 Å². The molecule has 0 amide bonds. The first-order chi connectivity index (χ1) is 9.55. The van der Waals surface area contributed by atoms with Gasteiger partial charge in [-0.15, -0.1) is 0 Å². The third kappa shape index (κ3) is 2.66. The van der Waals surface area contributed by atoms with Crippen molar-refractivity contribution < 1.29 is 5.11 Å². The van der Waals surface area contributed by atoms with Crippen LogP contribution in [0.3, 0.4) is 0 Å². The average Bonchev–Trinajstić information content (AvgIpc) is 2.98. The van der Waals surface area contributed by atoms with Crippen molar-refractivity contribution in [2.45, 2.75) is 52.3 Å². The van der Waals surface area contributed by atoms with Gasteiger partial charge < -0.3 is 9.67 Å². The number of aliphatic hydroxyl groups excluding tert-OH is 1. The van der Waals surface area contributed by atoms with Crippen LogP contribution in [0.25, 0.3) is 0 Å². The summed E-state index contributed by atoms with van der Waals surface area (Å²) in [6.07, 6.45) is 8.60. The zero-order valence-electron chi connectivity index (χ0n) is 12.3. The lowest BCUT2D eigenvalue weighted by Crippen LogP contribution is -2.26. The van der Waals surface area contributed by atoms with Crippen molar-refractivity contribution in [3.63, 3.8) is 0 Å². The second-order valence-electron chi connectivity index (χ2n) is 6.59. The van der Waals surface area contributed by atoms with Gasteiger partial charge in [-0.3, -0.25) is 4.68 Å². The summed E-state index contributed by atoms with van der Waals surface area (Å²) in [4.78, 5) is 0. The first-order valence-electron chi connectivity index (χ1n) is 7.39. The van der Waals surface area contributed by atoms with Crippen LogP contribution < -0.4 is 0 Å². The maximum atomic E-state index is 10.3. The number of rotatable bonds is 4. The van der Waals surface area contributed by atoms with Crippen LogP contribution in [-0.2, 0) is 19.5 Å². The van der Waals surface area contributed by atoms with Crippen molar-refractivity contribution in [2.75, 3.05) is 0 Å². The second kappa shape index (κ2) is 5.09. The summed E-state index contributed by atoms with van der Waals surface area (Å²) in [6.45, 7) is 6.39. The van der Waals surface area contributed by atoms with E-state index in [4.69, 9.17) is 0 Å². The van der Waals surface area contributed by atoms with E-state index >= 15 is 0 Å². The van der Waals surface area contributed by atoms with Gasteiger partial charge in [0, 0.05) is 42.9 Å². The number of hydrogen-bond acceptors (Lipinski definition) is 2. The summed E-state index contributed by atoms with van der Waals surface area (Å²) in [7, 11) is 0. The highest BCUT2D eigenvalue weighted by Gasteiger charge is 2.32. The maximum Gasteiger partial charge on any atom is 0.0812 e. The smallest absolute Gasteiger partial charge is 0.0812 e. The molecule has 0 aromatic carbocycles. The number of hydrogen-bond donors (Lipinski definition) is 1. The Kier molecular flexibility index (Phi) is 3.42. The lowest BCUT2D eigenvalue weighted by molar-refractivity contribution is 0.0979. The first kappa shape index (κ1) is 13.4. The van der Waals surface area contributed by atoms with Crippen LogP contribution in [0.4, 0.5) is 0 Å². The maximum absolute atomic E-state index is 10.3. The van der Waals surface area contributed by atoms with Crippen LogP contribution in [0.5, 0.6) is 0 Å². The summed E-state index contributed by atoms with van der Waals surface area (Å²) in [5, 5.41) is 14.5. The van der Waals surface area contributed by atoms with Crippen LogP contribution in [0.1, 0.15) is 44.1 Å². The average molecular weight is 273 g/mol. The summed E-state index contributed by atoms with van der Waals surface area (Å²) < 4.78 is 4.28. The Morgan fingerprint density at radius 1 is 1.35 bits per heavy atom. The highest BCUT2D eigenvalue weighted by atomic mass is 16.3. The summed E-state index contributed by atoms with van der Waals surface area (Å²) >= 11 is 0. The molecule has 2 aromatic rings. The van der Waals surface area contributed by atoms with Crippen molar-refractivity contribution in [3.05, 3.63) is 42.0 Å². The van der Waals surface area contributed by atoms with Gasteiger partial charge in [0.2, 0.25) is 0 Å². The molecule has 0 saturated carbocycles. The van der Waals surface area contributed by atoms with Crippen molar-refractivity contribution in [3.8, 4) is 0 Å².